The topological polar surface area (TPSA) is 32.3 Å². The van der Waals surface area contributed by atoms with Crippen LogP contribution in [0.3, 0.4) is 0 Å². The molecule has 0 aliphatic carbocycles. The molecule has 0 aromatic carbocycles. The van der Waals surface area contributed by atoms with Gasteiger partial charge in [-0.05, 0) is 24.3 Å². The maximum absolute atomic E-state index is 8.93. The highest BCUT2D eigenvalue weighted by Crippen LogP contribution is 2.21. The largest absolute Gasteiger partial charge is 0.396 e. The van der Waals surface area contributed by atoms with Crippen LogP contribution in [-0.4, -0.2) is 24.3 Å². The van der Waals surface area contributed by atoms with Crippen molar-refractivity contribution >= 4 is 0 Å². The zero-order valence-corrected chi connectivity index (χ0v) is 9.72. The van der Waals surface area contributed by atoms with Gasteiger partial charge in [0.25, 0.3) is 0 Å². The third-order valence-corrected chi connectivity index (χ3v) is 2.24. The first kappa shape index (κ1) is 12.9. The van der Waals surface area contributed by atoms with E-state index < -0.39 is 0 Å². The molecule has 13 heavy (non-hydrogen) atoms. The van der Waals surface area contributed by atoms with Crippen LogP contribution in [0.5, 0.6) is 0 Å². The van der Waals surface area contributed by atoms with Crippen molar-refractivity contribution in [2.24, 2.45) is 11.3 Å². The van der Waals surface area contributed by atoms with Crippen molar-refractivity contribution in [1.29, 1.82) is 0 Å². The minimum atomic E-state index is 0.234. The van der Waals surface area contributed by atoms with Gasteiger partial charge in [0, 0.05) is 12.6 Å². The van der Waals surface area contributed by atoms with Gasteiger partial charge in [0.1, 0.15) is 0 Å². The second-order valence-electron chi connectivity index (χ2n) is 5.23. The molecule has 1 unspecified atom stereocenters. The molecule has 2 N–H and O–H groups in total. The molecule has 0 aliphatic heterocycles. The van der Waals surface area contributed by atoms with Gasteiger partial charge in [-0.25, -0.2) is 0 Å². The average Bonchev–Trinajstić information content (AvgIpc) is 1.95. The van der Waals surface area contributed by atoms with E-state index in [-0.39, 0.29) is 12.0 Å². The molecule has 2 heteroatoms. The van der Waals surface area contributed by atoms with Crippen molar-refractivity contribution in [1.82, 2.24) is 5.32 Å². The summed E-state index contributed by atoms with van der Waals surface area (Å²) >= 11 is 0. The van der Waals surface area contributed by atoms with E-state index in [0.29, 0.717) is 12.0 Å². The number of aliphatic hydroxyl groups is 1. The van der Waals surface area contributed by atoms with Crippen LogP contribution in [0, 0.1) is 11.3 Å². The summed E-state index contributed by atoms with van der Waals surface area (Å²) in [5, 5.41) is 12.4. The van der Waals surface area contributed by atoms with Crippen molar-refractivity contribution < 1.29 is 5.11 Å². The van der Waals surface area contributed by atoms with Crippen LogP contribution in [0.15, 0.2) is 0 Å². The lowest BCUT2D eigenvalue weighted by Gasteiger charge is -2.32. The maximum Gasteiger partial charge on any atom is 0.0446 e. The summed E-state index contributed by atoms with van der Waals surface area (Å²) in [5.41, 5.74) is 0.234. The quantitative estimate of drug-likeness (QED) is 0.690. The fourth-order valence-corrected chi connectivity index (χ4v) is 1.35. The lowest BCUT2D eigenvalue weighted by Crippen LogP contribution is -2.42. The highest BCUT2D eigenvalue weighted by Gasteiger charge is 2.23. The molecular formula is C11H25NO. The Morgan fingerprint density at radius 1 is 1.23 bits per heavy atom. The van der Waals surface area contributed by atoms with Crippen LogP contribution >= 0.6 is 0 Å². The molecular weight excluding hydrogens is 162 g/mol. The average molecular weight is 187 g/mol. The van der Waals surface area contributed by atoms with Crippen LogP contribution in [0.1, 0.15) is 41.0 Å². The van der Waals surface area contributed by atoms with E-state index >= 15 is 0 Å². The third kappa shape index (κ3) is 6.05. The summed E-state index contributed by atoms with van der Waals surface area (Å²) in [6, 6.07) is 0.417. The SMILES string of the molecule is CC(C)CNC(CCO)C(C)(C)C. The molecule has 0 saturated heterocycles. The minimum Gasteiger partial charge on any atom is -0.396 e. The summed E-state index contributed by atoms with van der Waals surface area (Å²) in [4.78, 5) is 0. The molecule has 0 aromatic rings. The molecule has 0 amide bonds. The zero-order chi connectivity index (χ0) is 10.5. The van der Waals surface area contributed by atoms with Gasteiger partial charge >= 0.3 is 0 Å². The second kappa shape index (κ2) is 5.61. The van der Waals surface area contributed by atoms with Crippen LogP contribution in [-0.2, 0) is 0 Å². The first-order valence-electron chi connectivity index (χ1n) is 5.22. The number of hydrogen-bond donors (Lipinski definition) is 2. The van der Waals surface area contributed by atoms with Crippen molar-refractivity contribution in [3.05, 3.63) is 0 Å². The van der Waals surface area contributed by atoms with Crippen molar-refractivity contribution in [3.8, 4) is 0 Å². The van der Waals surface area contributed by atoms with Gasteiger partial charge in [-0.1, -0.05) is 34.6 Å². The van der Waals surface area contributed by atoms with Gasteiger partial charge in [-0.15, -0.1) is 0 Å². The normalized spacial score (nSPS) is 15.0. The van der Waals surface area contributed by atoms with Gasteiger partial charge in [-0.3, -0.25) is 0 Å². The number of rotatable bonds is 5. The Balaban J connectivity index is 3.95. The van der Waals surface area contributed by atoms with Crippen LogP contribution in [0.2, 0.25) is 0 Å². The smallest absolute Gasteiger partial charge is 0.0446 e. The first-order chi connectivity index (χ1) is 5.88. The van der Waals surface area contributed by atoms with E-state index in [1.807, 2.05) is 0 Å². The Bertz CT molecular complexity index is 127. The van der Waals surface area contributed by atoms with E-state index in [0.717, 1.165) is 13.0 Å². The van der Waals surface area contributed by atoms with Crippen LogP contribution in [0.4, 0.5) is 0 Å². The zero-order valence-electron chi connectivity index (χ0n) is 9.72. The summed E-state index contributed by atoms with van der Waals surface area (Å²) in [7, 11) is 0. The molecule has 80 valence electrons. The first-order valence-corrected chi connectivity index (χ1v) is 5.22. The highest BCUT2D eigenvalue weighted by molar-refractivity contribution is 4.80. The number of hydrogen-bond acceptors (Lipinski definition) is 2. The van der Waals surface area contributed by atoms with Crippen molar-refractivity contribution in [3.63, 3.8) is 0 Å². The molecule has 0 aromatic heterocycles. The predicted octanol–water partition coefficient (Wildman–Crippen LogP) is 2.03. The molecule has 0 fully saturated rings. The Morgan fingerprint density at radius 3 is 2.08 bits per heavy atom. The Kier molecular flexibility index (Phi) is 5.57. The third-order valence-electron chi connectivity index (χ3n) is 2.24. The number of aliphatic hydroxyl groups excluding tert-OH is 1. The lowest BCUT2D eigenvalue weighted by molar-refractivity contribution is 0.194. The van der Waals surface area contributed by atoms with E-state index in [4.69, 9.17) is 5.11 Å². The Labute approximate surface area is 82.7 Å². The van der Waals surface area contributed by atoms with Gasteiger partial charge < -0.3 is 10.4 Å². The Morgan fingerprint density at radius 2 is 1.77 bits per heavy atom. The Hall–Kier alpha value is -0.0800. The minimum absolute atomic E-state index is 0.234. The summed E-state index contributed by atoms with van der Waals surface area (Å²) < 4.78 is 0. The molecule has 0 radical (unpaired) electrons. The summed E-state index contributed by atoms with van der Waals surface area (Å²) in [5.74, 6) is 0.670. The van der Waals surface area contributed by atoms with Gasteiger partial charge in [0.05, 0.1) is 0 Å². The molecule has 0 heterocycles. The van der Waals surface area contributed by atoms with Crippen molar-refractivity contribution in [2.75, 3.05) is 13.2 Å². The summed E-state index contributed by atoms with van der Waals surface area (Å²) in [6.07, 6.45) is 0.843. The maximum atomic E-state index is 8.93. The van der Waals surface area contributed by atoms with Crippen LogP contribution < -0.4 is 5.32 Å². The van der Waals surface area contributed by atoms with Gasteiger partial charge in [0.15, 0.2) is 0 Å². The van der Waals surface area contributed by atoms with Gasteiger partial charge in [-0.2, -0.15) is 0 Å². The molecule has 0 bridgehead atoms. The van der Waals surface area contributed by atoms with E-state index in [1.165, 1.54) is 0 Å². The molecule has 0 spiro atoms. The van der Waals surface area contributed by atoms with E-state index in [2.05, 4.69) is 39.9 Å². The van der Waals surface area contributed by atoms with Gasteiger partial charge in [0.2, 0.25) is 0 Å². The van der Waals surface area contributed by atoms with E-state index in [1.54, 1.807) is 0 Å². The van der Waals surface area contributed by atoms with Crippen molar-refractivity contribution in [2.45, 2.75) is 47.1 Å². The highest BCUT2D eigenvalue weighted by atomic mass is 16.3. The lowest BCUT2D eigenvalue weighted by atomic mass is 9.85. The standard InChI is InChI=1S/C11H25NO/c1-9(2)8-12-10(6-7-13)11(3,4)5/h9-10,12-13H,6-8H2,1-5H3. The van der Waals surface area contributed by atoms with Crippen LogP contribution in [0.25, 0.3) is 0 Å². The second-order valence-corrected chi connectivity index (χ2v) is 5.23. The molecule has 1 atom stereocenters. The molecule has 0 rings (SSSR count). The molecule has 0 saturated carbocycles. The van der Waals surface area contributed by atoms with E-state index in [9.17, 15) is 0 Å². The monoisotopic (exact) mass is 187 g/mol. The predicted molar refractivity (Wildman–Crippen MR) is 57.8 cm³/mol. The fraction of sp³-hybridized carbons (Fsp3) is 1.00. The summed E-state index contributed by atoms with van der Waals surface area (Å²) in [6.45, 7) is 12.3. The molecule has 2 nitrogen and oxygen atoms in total. The fourth-order valence-electron chi connectivity index (χ4n) is 1.35. The number of nitrogens with one attached hydrogen (secondary N) is 1. The molecule has 0 aliphatic rings.